The van der Waals surface area contributed by atoms with Gasteiger partial charge in [0.2, 0.25) is 0 Å². The average Bonchev–Trinajstić information content (AvgIpc) is 3.14. The van der Waals surface area contributed by atoms with Crippen LogP contribution in [0.25, 0.3) is 5.69 Å². The van der Waals surface area contributed by atoms with Gasteiger partial charge in [-0.25, -0.2) is 12.8 Å². The third kappa shape index (κ3) is 4.03. The molecule has 3 aromatic rings. The molecule has 4 rings (SSSR count). The summed E-state index contributed by atoms with van der Waals surface area (Å²) < 4.78 is 40.6. The van der Waals surface area contributed by atoms with Crippen molar-refractivity contribution in [2.75, 3.05) is 17.2 Å². The molecular formula is C19H20ClFN6O2S. The maximum absolute atomic E-state index is 14.9. The number of fused-ring (bicyclic) bond motifs is 1. The molecule has 0 aliphatic carbocycles. The van der Waals surface area contributed by atoms with Crippen LogP contribution in [0.3, 0.4) is 0 Å². The average molecular weight is 451 g/mol. The minimum absolute atomic E-state index is 0.0210. The summed E-state index contributed by atoms with van der Waals surface area (Å²) in [6, 6.07) is 9.05. The molecular weight excluding hydrogens is 431 g/mol. The number of benzene rings is 2. The van der Waals surface area contributed by atoms with Gasteiger partial charge in [-0.3, -0.25) is 0 Å². The number of sulfone groups is 1. The fourth-order valence-corrected chi connectivity index (χ4v) is 5.20. The first-order chi connectivity index (χ1) is 14.3. The first kappa shape index (κ1) is 20.7. The van der Waals surface area contributed by atoms with E-state index in [9.17, 15) is 12.8 Å². The number of rotatable bonds is 4. The van der Waals surface area contributed by atoms with E-state index in [1.54, 1.807) is 12.1 Å². The van der Waals surface area contributed by atoms with E-state index < -0.39 is 21.7 Å². The van der Waals surface area contributed by atoms with Crippen molar-refractivity contribution in [3.05, 3.63) is 58.6 Å². The fourth-order valence-electron chi connectivity index (χ4n) is 3.43. The topological polar surface area (TPSA) is 107 Å². The predicted molar refractivity (Wildman–Crippen MR) is 111 cm³/mol. The summed E-state index contributed by atoms with van der Waals surface area (Å²) in [6.07, 6.45) is 0.540. The van der Waals surface area contributed by atoms with Crippen LogP contribution in [0.5, 0.6) is 0 Å². The van der Waals surface area contributed by atoms with Crippen molar-refractivity contribution in [1.29, 1.82) is 0 Å². The summed E-state index contributed by atoms with van der Waals surface area (Å²) in [6.45, 7) is 2.52. The molecule has 0 amide bonds. The molecule has 0 bridgehead atoms. The number of tetrazole rings is 1. The SMILES string of the molecule is CCc1nnn(-c2cc3c(cc2F)S(=O)(=O)C[C@H](N)CN3Cc2ccc(Cl)cc2)n1. The quantitative estimate of drug-likeness (QED) is 0.648. The van der Waals surface area contributed by atoms with Crippen LogP contribution in [0.4, 0.5) is 10.1 Å². The number of hydrogen-bond donors (Lipinski definition) is 1. The van der Waals surface area contributed by atoms with Crippen molar-refractivity contribution in [2.24, 2.45) is 5.73 Å². The molecule has 0 fully saturated rings. The molecule has 8 nitrogen and oxygen atoms in total. The van der Waals surface area contributed by atoms with Gasteiger partial charge in [-0.05, 0) is 35.0 Å². The van der Waals surface area contributed by atoms with Crippen LogP contribution in [0.1, 0.15) is 18.3 Å². The zero-order chi connectivity index (χ0) is 21.5. The first-order valence-electron chi connectivity index (χ1n) is 9.37. The molecule has 2 aromatic carbocycles. The molecule has 30 heavy (non-hydrogen) atoms. The van der Waals surface area contributed by atoms with E-state index in [0.717, 1.165) is 16.4 Å². The van der Waals surface area contributed by atoms with Crippen LogP contribution in [0, 0.1) is 5.82 Å². The molecule has 0 spiro atoms. The molecule has 0 saturated heterocycles. The van der Waals surface area contributed by atoms with Crippen LogP contribution in [0.2, 0.25) is 5.02 Å². The van der Waals surface area contributed by atoms with Gasteiger partial charge in [-0.1, -0.05) is 30.7 Å². The predicted octanol–water partition coefficient (Wildman–Crippen LogP) is 2.14. The first-order valence-corrected chi connectivity index (χ1v) is 11.4. The van der Waals surface area contributed by atoms with Crippen LogP contribution < -0.4 is 10.6 Å². The third-order valence-corrected chi connectivity index (χ3v) is 6.98. The standard InChI is InChI=1S/C19H20ClFN6O2S/c1-2-19-23-25-27(24-19)16-8-17-18(7-15(16)21)30(28,29)11-14(22)10-26(17)9-12-3-5-13(20)6-4-12/h3-8,14H,2,9-11,22H2,1H3/t14-/m1/s1. The normalized spacial score (nSPS) is 18.1. The van der Waals surface area contributed by atoms with Crippen LogP contribution in [-0.2, 0) is 22.8 Å². The number of hydrogen-bond acceptors (Lipinski definition) is 7. The minimum Gasteiger partial charge on any atom is -0.364 e. The second kappa shape index (κ2) is 7.93. The Hall–Kier alpha value is -2.56. The van der Waals surface area contributed by atoms with Crippen molar-refractivity contribution in [1.82, 2.24) is 20.2 Å². The molecule has 158 valence electrons. The van der Waals surface area contributed by atoms with Gasteiger partial charge in [0, 0.05) is 30.6 Å². The number of aryl methyl sites for hydroxylation is 1. The lowest BCUT2D eigenvalue weighted by molar-refractivity contribution is 0.578. The van der Waals surface area contributed by atoms with Gasteiger partial charge in [-0.2, -0.15) is 0 Å². The van der Waals surface area contributed by atoms with Crippen LogP contribution >= 0.6 is 11.6 Å². The van der Waals surface area contributed by atoms with Crippen molar-refractivity contribution in [2.45, 2.75) is 30.8 Å². The van der Waals surface area contributed by atoms with E-state index >= 15 is 0 Å². The molecule has 1 atom stereocenters. The molecule has 0 radical (unpaired) electrons. The monoisotopic (exact) mass is 450 g/mol. The highest BCUT2D eigenvalue weighted by Crippen LogP contribution is 2.34. The Morgan fingerprint density at radius 1 is 1.23 bits per heavy atom. The molecule has 0 saturated carbocycles. The minimum atomic E-state index is -3.77. The Labute approximate surface area is 178 Å². The van der Waals surface area contributed by atoms with Crippen molar-refractivity contribution < 1.29 is 12.8 Å². The fraction of sp³-hybridized carbons (Fsp3) is 0.316. The van der Waals surface area contributed by atoms with Gasteiger partial charge in [0.1, 0.15) is 5.69 Å². The third-order valence-electron chi connectivity index (χ3n) is 4.87. The van der Waals surface area contributed by atoms with Gasteiger partial charge in [0.25, 0.3) is 0 Å². The number of nitrogens with zero attached hydrogens (tertiary/aromatic N) is 5. The van der Waals surface area contributed by atoms with Gasteiger partial charge >= 0.3 is 0 Å². The smallest absolute Gasteiger partial charge is 0.182 e. The summed E-state index contributed by atoms with van der Waals surface area (Å²) in [5.74, 6) is -0.561. The second-order valence-corrected chi connectivity index (χ2v) is 9.61. The Morgan fingerprint density at radius 3 is 2.63 bits per heavy atom. The lowest BCUT2D eigenvalue weighted by Gasteiger charge is -2.26. The highest BCUT2D eigenvalue weighted by atomic mass is 35.5. The van der Waals surface area contributed by atoms with E-state index in [0.29, 0.717) is 29.5 Å². The number of aromatic nitrogens is 4. The summed E-state index contributed by atoms with van der Waals surface area (Å²) in [5.41, 5.74) is 7.38. The van der Waals surface area contributed by atoms with Crippen molar-refractivity contribution >= 4 is 27.1 Å². The van der Waals surface area contributed by atoms with Crippen LogP contribution in [-0.4, -0.2) is 47.0 Å². The number of anilines is 1. The van der Waals surface area contributed by atoms with Crippen molar-refractivity contribution in [3.63, 3.8) is 0 Å². The Morgan fingerprint density at radius 2 is 1.97 bits per heavy atom. The van der Waals surface area contributed by atoms with Crippen molar-refractivity contribution in [3.8, 4) is 5.69 Å². The largest absolute Gasteiger partial charge is 0.364 e. The highest BCUT2D eigenvalue weighted by Gasteiger charge is 2.32. The summed E-state index contributed by atoms with van der Waals surface area (Å²) in [7, 11) is -3.77. The highest BCUT2D eigenvalue weighted by molar-refractivity contribution is 7.91. The van der Waals surface area contributed by atoms with Gasteiger partial charge < -0.3 is 10.6 Å². The molecule has 0 unspecified atom stereocenters. The number of nitrogens with two attached hydrogens (primary N) is 1. The Balaban J connectivity index is 1.84. The van der Waals surface area contributed by atoms with E-state index in [1.807, 2.05) is 24.0 Å². The van der Waals surface area contributed by atoms with E-state index in [2.05, 4.69) is 15.4 Å². The maximum atomic E-state index is 14.9. The molecule has 11 heteroatoms. The lowest BCUT2D eigenvalue weighted by atomic mass is 10.1. The van der Waals surface area contributed by atoms with E-state index in [1.165, 1.54) is 6.07 Å². The van der Waals surface area contributed by atoms with E-state index in [4.69, 9.17) is 17.3 Å². The summed E-state index contributed by atoms with van der Waals surface area (Å²) in [5, 5.41) is 12.5. The van der Waals surface area contributed by atoms with E-state index in [-0.39, 0.29) is 22.9 Å². The maximum Gasteiger partial charge on any atom is 0.182 e. The van der Waals surface area contributed by atoms with Gasteiger partial charge in [0.15, 0.2) is 21.5 Å². The lowest BCUT2D eigenvalue weighted by Crippen LogP contribution is -2.39. The Bertz CT molecular complexity index is 1180. The zero-order valence-electron chi connectivity index (χ0n) is 16.2. The van der Waals surface area contributed by atoms with Crippen LogP contribution in [0.15, 0.2) is 41.3 Å². The Kier molecular flexibility index (Phi) is 5.48. The molecule has 1 aliphatic heterocycles. The number of halogens is 2. The molecule has 2 heterocycles. The van der Waals surface area contributed by atoms with Gasteiger partial charge in [-0.15, -0.1) is 15.0 Å². The zero-order valence-corrected chi connectivity index (χ0v) is 17.7. The summed E-state index contributed by atoms with van der Waals surface area (Å²) >= 11 is 5.96. The van der Waals surface area contributed by atoms with Gasteiger partial charge in [0.05, 0.1) is 16.3 Å². The second-order valence-electron chi connectivity index (χ2n) is 7.17. The summed E-state index contributed by atoms with van der Waals surface area (Å²) in [4.78, 5) is 2.81. The molecule has 2 N–H and O–H groups in total. The molecule has 1 aliphatic rings. The molecule has 1 aromatic heterocycles.